The van der Waals surface area contributed by atoms with Gasteiger partial charge in [0.2, 0.25) is 5.82 Å². The number of benzene rings is 2. The Morgan fingerprint density at radius 1 is 1.29 bits per heavy atom. The van der Waals surface area contributed by atoms with Gasteiger partial charge in [0, 0.05) is 5.56 Å². The number of ether oxygens (including phenoxy) is 1. The number of hydrogen-bond acceptors (Lipinski definition) is 4. The summed E-state index contributed by atoms with van der Waals surface area (Å²) in [7, 11) is 1.36. The van der Waals surface area contributed by atoms with Crippen molar-refractivity contribution in [2.45, 2.75) is 6.04 Å². The van der Waals surface area contributed by atoms with Gasteiger partial charge in [0.1, 0.15) is 11.8 Å². The number of aromatic hydroxyl groups is 1. The summed E-state index contributed by atoms with van der Waals surface area (Å²) >= 11 is 0. The Morgan fingerprint density at radius 2 is 1.96 bits per heavy atom. The molecule has 2 aromatic rings. The summed E-state index contributed by atoms with van der Waals surface area (Å²) in [5, 5.41) is 20.5. The van der Waals surface area contributed by atoms with Crippen LogP contribution in [0.25, 0.3) is 0 Å². The first-order chi connectivity index (χ1) is 11.4. The Bertz CT molecular complexity index is 834. The third kappa shape index (κ3) is 3.10. The molecule has 0 aliphatic carbocycles. The summed E-state index contributed by atoms with van der Waals surface area (Å²) in [5.74, 6) is -7.51. The van der Waals surface area contributed by atoms with Crippen molar-refractivity contribution in [2.24, 2.45) is 0 Å². The average Bonchev–Trinajstić information content (AvgIpc) is 2.60. The standard InChI is InChI=1S/C16H11F3N2O3/c1-24-12-5-3-2-4-8(12)11(7-20)21-16(23)9-6-10(17)14(19)15(22)13(9)18/h2-6,11,22H,1H3,(H,21,23)/t11-/m1/s1. The molecule has 24 heavy (non-hydrogen) atoms. The van der Waals surface area contributed by atoms with Gasteiger partial charge in [-0.2, -0.15) is 9.65 Å². The molecule has 0 unspecified atom stereocenters. The predicted octanol–water partition coefficient (Wildman–Crippen LogP) is 2.81. The molecular weight excluding hydrogens is 325 g/mol. The Labute approximate surface area is 134 Å². The second-order valence-electron chi connectivity index (χ2n) is 4.66. The Morgan fingerprint density at radius 3 is 2.58 bits per heavy atom. The van der Waals surface area contributed by atoms with Crippen LogP contribution in [0, 0.1) is 28.8 Å². The second-order valence-corrected chi connectivity index (χ2v) is 4.66. The van der Waals surface area contributed by atoms with E-state index in [2.05, 4.69) is 5.32 Å². The zero-order valence-electron chi connectivity index (χ0n) is 12.3. The first-order valence-electron chi connectivity index (χ1n) is 6.60. The summed E-state index contributed by atoms with van der Waals surface area (Å²) in [4.78, 5) is 12.1. The molecule has 2 rings (SSSR count). The minimum atomic E-state index is -1.80. The van der Waals surface area contributed by atoms with Gasteiger partial charge in [-0.15, -0.1) is 0 Å². The SMILES string of the molecule is COc1ccccc1[C@@H](C#N)NC(=O)c1cc(F)c(F)c(O)c1F. The topological polar surface area (TPSA) is 82.3 Å². The van der Waals surface area contributed by atoms with Crippen LogP contribution < -0.4 is 10.1 Å². The van der Waals surface area contributed by atoms with E-state index in [0.29, 0.717) is 17.4 Å². The van der Waals surface area contributed by atoms with Crippen molar-refractivity contribution in [2.75, 3.05) is 7.11 Å². The molecule has 0 fully saturated rings. The van der Waals surface area contributed by atoms with E-state index in [-0.39, 0.29) is 0 Å². The zero-order valence-corrected chi connectivity index (χ0v) is 12.3. The van der Waals surface area contributed by atoms with Gasteiger partial charge in [0.15, 0.2) is 17.4 Å². The van der Waals surface area contributed by atoms with Crippen molar-refractivity contribution < 1.29 is 27.8 Å². The molecule has 2 N–H and O–H groups in total. The van der Waals surface area contributed by atoms with Gasteiger partial charge in [-0.1, -0.05) is 18.2 Å². The van der Waals surface area contributed by atoms with Crippen molar-refractivity contribution in [1.82, 2.24) is 5.32 Å². The molecule has 1 atom stereocenters. The van der Waals surface area contributed by atoms with Gasteiger partial charge in [-0.3, -0.25) is 4.79 Å². The second kappa shape index (κ2) is 6.91. The van der Waals surface area contributed by atoms with Gasteiger partial charge in [-0.25, -0.2) is 8.78 Å². The zero-order chi connectivity index (χ0) is 17.9. The largest absolute Gasteiger partial charge is 0.503 e. The van der Waals surface area contributed by atoms with Crippen LogP contribution in [-0.2, 0) is 0 Å². The molecule has 0 aliphatic rings. The maximum atomic E-state index is 13.8. The number of nitrogens with one attached hydrogen (secondary N) is 1. The minimum Gasteiger partial charge on any atom is -0.503 e. The van der Waals surface area contributed by atoms with E-state index >= 15 is 0 Å². The van der Waals surface area contributed by atoms with Gasteiger partial charge in [0.05, 0.1) is 18.7 Å². The number of carbonyl (C=O) groups excluding carboxylic acids is 1. The summed E-state index contributed by atoms with van der Waals surface area (Å²) in [6.45, 7) is 0. The van der Waals surface area contributed by atoms with Crippen molar-refractivity contribution in [1.29, 1.82) is 5.26 Å². The lowest BCUT2D eigenvalue weighted by Crippen LogP contribution is -2.29. The molecule has 0 spiro atoms. The smallest absolute Gasteiger partial charge is 0.255 e. The first-order valence-corrected chi connectivity index (χ1v) is 6.60. The Kier molecular flexibility index (Phi) is 4.94. The normalized spacial score (nSPS) is 11.5. The highest BCUT2D eigenvalue weighted by Crippen LogP contribution is 2.28. The number of phenolic OH excluding ortho intramolecular Hbond substituents is 1. The van der Waals surface area contributed by atoms with Gasteiger partial charge in [-0.05, 0) is 12.1 Å². The lowest BCUT2D eigenvalue weighted by molar-refractivity contribution is 0.0939. The number of phenols is 1. The minimum absolute atomic E-state index is 0.295. The van der Waals surface area contributed by atoms with Crippen LogP contribution in [0.3, 0.4) is 0 Å². The summed E-state index contributed by atoms with van der Waals surface area (Å²) in [6.07, 6.45) is 0. The molecule has 2 aromatic carbocycles. The van der Waals surface area contributed by atoms with Crippen LogP contribution in [0.5, 0.6) is 11.5 Å². The highest BCUT2D eigenvalue weighted by atomic mass is 19.2. The number of halogens is 3. The van der Waals surface area contributed by atoms with Crippen LogP contribution in [0.1, 0.15) is 22.0 Å². The highest BCUT2D eigenvalue weighted by Gasteiger charge is 2.25. The lowest BCUT2D eigenvalue weighted by Gasteiger charge is -2.15. The molecule has 0 heterocycles. The monoisotopic (exact) mass is 336 g/mol. The molecule has 8 heteroatoms. The van der Waals surface area contributed by atoms with E-state index < -0.39 is 40.7 Å². The fourth-order valence-corrected chi connectivity index (χ4v) is 2.05. The number of para-hydroxylation sites is 1. The van der Waals surface area contributed by atoms with E-state index in [1.54, 1.807) is 24.3 Å². The number of rotatable bonds is 4. The number of amides is 1. The molecule has 0 bridgehead atoms. The molecule has 124 valence electrons. The van der Waals surface area contributed by atoms with Crippen LogP contribution in [0.2, 0.25) is 0 Å². The van der Waals surface area contributed by atoms with Crippen LogP contribution in [0.15, 0.2) is 30.3 Å². The highest BCUT2D eigenvalue weighted by molar-refractivity contribution is 5.95. The maximum absolute atomic E-state index is 13.8. The van der Waals surface area contributed by atoms with Crippen molar-refractivity contribution >= 4 is 5.91 Å². The third-order valence-corrected chi connectivity index (χ3v) is 3.23. The molecule has 0 saturated carbocycles. The van der Waals surface area contributed by atoms with Crippen LogP contribution >= 0.6 is 0 Å². The van der Waals surface area contributed by atoms with E-state index in [0.717, 1.165) is 0 Å². The number of nitrogens with zero attached hydrogens (tertiary/aromatic N) is 1. The van der Waals surface area contributed by atoms with E-state index in [9.17, 15) is 23.2 Å². The average molecular weight is 336 g/mol. The number of hydrogen-bond donors (Lipinski definition) is 2. The Balaban J connectivity index is 2.37. The fourth-order valence-electron chi connectivity index (χ4n) is 2.05. The lowest BCUT2D eigenvalue weighted by atomic mass is 10.1. The molecule has 0 saturated heterocycles. The van der Waals surface area contributed by atoms with Gasteiger partial charge < -0.3 is 15.2 Å². The summed E-state index contributed by atoms with van der Waals surface area (Å²) in [6, 6.07) is 7.16. The Hall–Kier alpha value is -3.21. The predicted molar refractivity (Wildman–Crippen MR) is 76.8 cm³/mol. The van der Waals surface area contributed by atoms with E-state index in [4.69, 9.17) is 9.84 Å². The van der Waals surface area contributed by atoms with Crippen LogP contribution in [-0.4, -0.2) is 18.1 Å². The maximum Gasteiger partial charge on any atom is 0.255 e. The number of nitriles is 1. The summed E-state index contributed by atoms with van der Waals surface area (Å²) in [5.41, 5.74) is -0.635. The van der Waals surface area contributed by atoms with Crippen molar-refractivity contribution in [3.05, 3.63) is 58.9 Å². The van der Waals surface area contributed by atoms with Crippen LogP contribution in [0.4, 0.5) is 13.2 Å². The van der Waals surface area contributed by atoms with E-state index in [1.165, 1.54) is 13.2 Å². The fraction of sp³-hybridized carbons (Fsp3) is 0.125. The van der Waals surface area contributed by atoms with E-state index in [1.807, 2.05) is 0 Å². The third-order valence-electron chi connectivity index (χ3n) is 3.23. The quantitative estimate of drug-likeness (QED) is 0.841. The molecule has 5 nitrogen and oxygen atoms in total. The molecule has 0 aromatic heterocycles. The van der Waals surface area contributed by atoms with Gasteiger partial charge >= 0.3 is 0 Å². The van der Waals surface area contributed by atoms with Gasteiger partial charge in [0.25, 0.3) is 5.91 Å². The first kappa shape index (κ1) is 17.1. The molecule has 0 radical (unpaired) electrons. The summed E-state index contributed by atoms with van der Waals surface area (Å²) < 4.78 is 45.2. The molecular formula is C16H11F3N2O3. The van der Waals surface area contributed by atoms with Crippen molar-refractivity contribution in [3.8, 4) is 17.6 Å². The molecule has 0 aliphatic heterocycles. The van der Waals surface area contributed by atoms with Crippen molar-refractivity contribution in [3.63, 3.8) is 0 Å². The number of methoxy groups -OCH3 is 1. The number of carbonyl (C=O) groups is 1. The molecule has 1 amide bonds.